The molecule has 1 atom stereocenters. The Labute approximate surface area is 187 Å². The molecular weight excluding hydrogens is 410 g/mol. The summed E-state index contributed by atoms with van der Waals surface area (Å²) >= 11 is 0. The highest BCUT2D eigenvalue weighted by Crippen LogP contribution is 2.39. The second kappa shape index (κ2) is 9.30. The van der Waals surface area contributed by atoms with Gasteiger partial charge in [0, 0.05) is 24.2 Å². The molecule has 3 aromatic rings. The molecule has 0 radical (unpaired) electrons. The van der Waals surface area contributed by atoms with Crippen LogP contribution in [0.1, 0.15) is 40.6 Å². The zero-order valence-electron chi connectivity index (χ0n) is 18.8. The summed E-state index contributed by atoms with van der Waals surface area (Å²) in [6, 6.07) is 11.3. The summed E-state index contributed by atoms with van der Waals surface area (Å²) in [5, 5.41) is 4.15. The fourth-order valence-electron chi connectivity index (χ4n) is 3.97. The van der Waals surface area contributed by atoms with Gasteiger partial charge in [-0.25, -0.2) is 0 Å². The summed E-state index contributed by atoms with van der Waals surface area (Å²) in [7, 11) is 4.60. The Morgan fingerprint density at radius 3 is 2.38 bits per heavy atom. The van der Waals surface area contributed by atoms with Crippen molar-refractivity contribution in [3.05, 3.63) is 53.4 Å². The van der Waals surface area contributed by atoms with Crippen LogP contribution in [0.15, 0.2) is 40.9 Å². The molecule has 8 nitrogen and oxygen atoms in total. The Balaban J connectivity index is 1.53. The molecule has 1 fully saturated rings. The van der Waals surface area contributed by atoms with Gasteiger partial charge in [-0.1, -0.05) is 35.0 Å². The molecule has 168 valence electrons. The average Bonchev–Trinajstić information content (AvgIpc) is 3.33. The highest BCUT2D eigenvalue weighted by molar-refractivity contribution is 5.95. The summed E-state index contributed by atoms with van der Waals surface area (Å²) in [6.07, 6.45) is 1.73. The van der Waals surface area contributed by atoms with Gasteiger partial charge in [-0.3, -0.25) is 4.79 Å². The molecule has 0 spiro atoms. The molecule has 1 aromatic heterocycles. The van der Waals surface area contributed by atoms with Crippen LogP contribution in [0.4, 0.5) is 0 Å². The number of ether oxygens (including phenoxy) is 3. The topological polar surface area (TPSA) is 86.9 Å². The van der Waals surface area contributed by atoms with Crippen molar-refractivity contribution in [2.75, 3.05) is 34.4 Å². The van der Waals surface area contributed by atoms with Gasteiger partial charge in [-0.15, -0.1) is 0 Å². The number of hydrogen-bond donors (Lipinski definition) is 0. The SMILES string of the molecule is COc1cc(C(=O)N2CCCC(c3nc(-c4ccc(C)cc4)no3)C2)cc(OC)c1OC. The van der Waals surface area contributed by atoms with E-state index in [-0.39, 0.29) is 11.8 Å². The number of amides is 1. The number of hydrogen-bond acceptors (Lipinski definition) is 7. The van der Waals surface area contributed by atoms with Gasteiger partial charge in [0.25, 0.3) is 5.91 Å². The number of methoxy groups -OCH3 is 3. The first-order valence-electron chi connectivity index (χ1n) is 10.5. The van der Waals surface area contributed by atoms with Crippen molar-refractivity contribution in [1.29, 1.82) is 0 Å². The quantitative estimate of drug-likeness (QED) is 0.574. The van der Waals surface area contributed by atoms with Gasteiger partial charge in [0.05, 0.1) is 27.2 Å². The van der Waals surface area contributed by atoms with Crippen molar-refractivity contribution in [3.8, 4) is 28.6 Å². The average molecular weight is 437 g/mol. The zero-order chi connectivity index (χ0) is 22.7. The third-order valence-corrected chi connectivity index (χ3v) is 5.72. The number of nitrogens with zero attached hydrogens (tertiary/aromatic N) is 3. The zero-order valence-corrected chi connectivity index (χ0v) is 18.8. The molecule has 0 aliphatic carbocycles. The monoisotopic (exact) mass is 437 g/mol. The van der Waals surface area contributed by atoms with Crippen molar-refractivity contribution in [2.24, 2.45) is 0 Å². The molecule has 1 aliphatic heterocycles. The van der Waals surface area contributed by atoms with Gasteiger partial charge >= 0.3 is 0 Å². The molecule has 1 unspecified atom stereocenters. The van der Waals surface area contributed by atoms with Crippen molar-refractivity contribution < 1.29 is 23.5 Å². The molecule has 1 saturated heterocycles. The van der Waals surface area contributed by atoms with E-state index in [1.807, 2.05) is 36.1 Å². The van der Waals surface area contributed by atoms with Crippen LogP contribution in [0.3, 0.4) is 0 Å². The molecule has 0 bridgehead atoms. The Hall–Kier alpha value is -3.55. The molecule has 8 heteroatoms. The van der Waals surface area contributed by atoms with Crippen LogP contribution >= 0.6 is 0 Å². The maximum Gasteiger partial charge on any atom is 0.254 e. The first kappa shape index (κ1) is 21.7. The number of likely N-dealkylation sites (tertiary alicyclic amines) is 1. The van der Waals surface area contributed by atoms with E-state index in [1.54, 1.807) is 12.1 Å². The molecular formula is C24H27N3O5. The lowest BCUT2D eigenvalue weighted by Crippen LogP contribution is -2.39. The van der Waals surface area contributed by atoms with Crippen molar-refractivity contribution in [2.45, 2.75) is 25.7 Å². The van der Waals surface area contributed by atoms with Crippen LogP contribution < -0.4 is 14.2 Å². The summed E-state index contributed by atoms with van der Waals surface area (Å²) in [6.45, 7) is 3.20. The number of carbonyl (C=O) groups is 1. The van der Waals surface area contributed by atoms with Crippen LogP contribution in [0.2, 0.25) is 0 Å². The Bertz CT molecular complexity index is 1070. The maximum atomic E-state index is 13.3. The van der Waals surface area contributed by atoms with Gasteiger partial charge in [-0.05, 0) is 31.9 Å². The summed E-state index contributed by atoms with van der Waals surface area (Å²) in [5.41, 5.74) is 2.56. The maximum absolute atomic E-state index is 13.3. The van der Waals surface area contributed by atoms with Crippen LogP contribution in [0.5, 0.6) is 17.2 Å². The van der Waals surface area contributed by atoms with Gasteiger partial charge in [0.15, 0.2) is 11.5 Å². The summed E-state index contributed by atoms with van der Waals surface area (Å²) in [5.74, 6) is 2.36. The molecule has 0 N–H and O–H groups in total. The van der Waals surface area contributed by atoms with Crippen LogP contribution in [0.25, 0.3) is 11.4 Å². The fraction of sp³-hybridized carbons (Fsp3) is 0.375. The molecule has 4 rings (SSSR count). The molecule has 2 aromatic carbocycles. The van der Waals surface area contributed by atoms with E-state index >= 15 is 0 Å². The lowest BCUT2D eigenvalue weighted by Gasteiger charge is -2.31. The van der Waals surface area contributed by atoms with E-state index in [2.05, 4.69) is 10.1 Å². The predicted octanol–water partition coefficient (Wildman–Crippen LogP) is 4.09. The first-order valence-corrected chi connectivity index (χ1v) is 10.5. The van der Waals surface area contributed by atoms with E-state index in [4.69, 9.17) is 18.7 Å². The molecule has 1 aliphatic rings. The molecule has 2 heterocycles. The number of aromatic nitrogens is 2. The number of benzene rings is 2. The third-order valence-electron chi connectivity index (χ3n) is 5.72. The standard InChI is InChI=1S/C24H27N3O5/c1-15-7-9-16(10-8-15)22-25-23(32-26-22)17-6-5-11-27(14-17)24(28)18-12-19(29-2)21(31-4)20(13-18)30-3/h7-10,12-13,17H,5-6,11,14H2,1-4H3. The van der Waals surface area contributed by atoms with Crippen LogP contribution in [0, 0.1) is 6.92 Å². The fourth-order valence-corrected chi connectivity index (χ4v) is 3.97. The first-order chi connectivity index (χ1) is 15.5. The smallest absolute Gasteiger partial charge is 0.254 e. The highest BCUT2D eigenvalue weighted by Gasteiger charge is 2.30. The van der Waals surface area contributed by atoms with E-state index in [0.717, 1.165) is 18.4 Å². The summed E-state index contributed by atoms with van der Waals surface area (Å²) < 4.78 is 21.7. The van der Waals surface area contributed by atoms with Gasteiger partial charge in [-0.2, -0.15) is 4.98 Å². The second-order valence-corrected chi connectivity index (χ2v) is 7.83. The number of aryl methyl sites for hydroxylation is 1. The Morgan fingerprint density at radius 2 is 1.75 bits per heavy atom. The van der Waals surface area contributed by atoms with Crippen molar-refractivity contribution in [3.63, 3.8) is 0 Å². The van der Waals surface area contributed by atoms with E-state index < -0.39 is 0 Å². The Morgan fingerprint density at radius 1 is 1.06 bits per heavy atom. The lowest BCUT2D eigenvalue weighted by atomic mass is 9.97. The predicted molar refractivity (Wildman–Crippen MR) is 118 cm³/mol. The van der Waals surface area contributed by atoms with E-state index in [9.17, 15) is 4.79 Å². The van der Waals surface area contributed by atoms with Crippen LogP contribution in [-0.2, 0) is 0 Å². The molecule has 32 heavy (non-hydrogen) atoms. The minimum absolute atomic E-state index is 0.0126. The Kier molecular flexibility index (Phi) is 6.30. The minimum Gasteiger partial charge on any atom is -0.493 e. The number of rotatable bonds is 6. The number of carbonyl (C=O) groups excluding carboxylic acids is 1. The van der Waals surface area contributed by atoms with Gasteiger partial charge in [0.2, 0.25) is 17.5 Å². The molecule has 0 saturated carbocycles. The molecule has 1 amide bonds. The van der Waals surface area contributed by atoms with E-state index in [0.29, 0.717) is 47.6 Å². The van der Waals surface area contributed by atoms with Crippen LogP contribution in [-0.4, -0.2) is 55.4 Å². The minimum atomic E-state index is -0.104. The largest absolute Gasteiger partial charge is 0.493 e. The second-order valence-electron chi connectivity index (χ2n) is 7.83. The highest BCUT2D eigenvalue weighted by atomic mass is 16.5. The van der Waals surface area contributed by atoms with Crippen molar-refractivity contribution >= 4 is 5.91 Å². The third kappa shape index (κ3) is 4.26. The normalized spacial score (nSPS) is 16.0. The summed E-state index contributed by atoms with van der Waals surface area (Å²) in [4.78, 5) is 19.7. The van der Waals surface area contributed by atoms with E-state index in [1.165, 1.54) is 26.9 Å². The lowest BCUT2D eigenvalue weighted by molar-refractivity contribution is 0.0695. The van der Waals surface area contributed by atoms with Gasteiger partial charge < -0.3 is 23.6 Å². The van der Waals surface area contributed by atoms with Gasteiger partial charge in [0.1, 0.15) is 0 Å². The number of piperidine rings is 1. The van der Waals surface area contributed by atoms with Crippen molar-refractivity contribution in [1.82, 2.24) is 15.0 Å².